The van der Waals surface area contributed by atoms with E-state index < -0.39 is 26.0 Å². The Bertz CT molecular complexity index is 640. The predicted octanol–water partition coefficient (Wildman–Crippen LogP) is 1.26. The average Bonchev–Trinajstić information content (AvgIpc) is 2.38. The summed E-state index contributed by atoms with van der Waals surface area (Å²) in [6.45, 7) is 4.18. The Balaban J connectivity index is 2.97. The van der Waals surface area contributed by atoms with Crippen LogP contribution in [0.25, 0.3) is 0 Å². The van der Waals surface area contributed by atoms with Crippen molar-refractivity contribution < 1.29 is 26.3 Å². The molecule has 1 aromatic rings. The number of benzene rings is 1. The fourth-order valence-electron chi connectivity index (χ4n) is 1.69. The molecule has 0 radical (unpaired) electrons. The highest BCUT2D eigenvalue weighted by Crippen LogP contribution is 2.17. The third kappa shape index (κ3) is 5.39. The lowest BCUT2D eigenvalue weighted by atomic mass is 10.4. The van der Waals surface area contributed by atoms with E-state index in [1.54, 1.807) is 13.8 Å². The predicted molar refractivity (Wildman–Crippen MR) is 78.6 cm³/mol. The van der Waals surface area contributed by atoms with Crippen molar-refractivity contribution in [2.24, 2.45) is 0 Å². The van der Waals surface area contributed by atoms with E-state index in [2.05, 4.69) is 0 Å². The SMILES string of the molecule is CCOC(CS(=O)(=O)c1ccc(S(C)(=O)=O)cc1)OCC. The molecule has 0 amide bonds. The molecule has 0 N–H and O–H groups in total. The van der Waals surface area contributed by atoms with Crippen LogP contribution in [0.15, 0.2) is 34.1 Å². The second-order valence-corrected chi connectivity index (χ2v) is 8.42. The Kier molecular flexibility index (Phi) is 6.33. The number of ether oxygens (including phenoxy) is 2. The molecular weight excluding hydrogens is 316 g/mol. The molecule has 21 heavy (non-hydrogen) atoms. The summed E-state index contributed by atoms with van der Waals surface area (Å²) in [5, 5.41) is 0. The van der Waals surface area contributed by atoms with Crippen LogP contribution in [0, 0.1) is 0 Å². The smallest absolute Gasteiger partial charge is 0.183 e. The van der Waals surface area contributed by atoms with Crippen molar-refractivity contribution in [3.05, 3.63) is 24.3 Å². The van der Waals surface area contributed by atoms with Crippen LogP contribution in [0.4, 0.5) is 0 Å². The van der Waals surface area contributed by atoms with E-state index in [0.29, 0.717) is 13.2 Å². The summed E-state index contributed by atoms with van der Waals surface area (Å²) < 4.78 is 57.6. The Hall–Kier alpha value is -0.960. The highest BCUT2D eigenvalue weighted by atomic mass is 32.2. The van der Waals surface area contributed by atoms with Crippen LogP contribution in [-0.4, -0.2) is 48.3 Å². The van der Waals surface area contributed by atoms with E-state index >= 15 is 0 Å². The van der Waals surface area contributed by atoms with Gasteiger partial charge in [-0.2, -0.15) is 0 Å². The standard InChI is InChI=1S/C13H20O6S2/c1-4-18-13(19-5-2)10-21(16,17)12-8-6-11(7-9-12)20(3,14)15/h6-9,13H,4-5,10H2,1-3H3. The van der Waals surface area contributed by atoms with E-state index in [0.717, 1.165) is 6.26 Å². The van der Waals surface area contributed by atoms with E-state index in [9.17, 15) is 16.8 Å². The molecule has 120 valence electrons. The molecule has 0 spiro atoms. The van der Waals surface area contributed by atoms with Crippen molar-refractivity contribution in [1.29, 1.82) is 0 Å². The van der Waals surface area contributed by atoms with Gasteiger partial charge >= 0.3 is 0 Å². The molecule has 0 aliphatic rings. The lowest BCUT2D eigenvalue weighted by Crippen LogP contribution is -2.27. The highest BCUT2D eigenvalue weighted by molar-refractivity contribution is 7.91. The summed E-state index contributed by atoms with van der Waals surface area (Å²) in [4.78, 5) is 0.118. The van der Waals surface area contributed by atoms with Crippen LogP contribution >= 0.6 is 0 Å². The highest BCUT2D eigenvalue weighted by Gasteiger charge is 2.22. The molecular formula is C13H20O6S2. The summed E-state index contributed by atoms with van der Waals surface area (Å²) in [6, 6.07) is 5.11. The number of sulfone groups is 2. The van der Waals surface area contributed by atoms with Gasteiger partial charge in [-0.3, -0.25) is 0 Å². The van der Waals surface area contributed by atoms with E-state index in [4.69, 9.17) is 9.47 Å². The molecule has 0 bridgehead atoms. The van der Waals surface area contributed by atoms with Crippen LogP contribution in [0.1, 0.15) is 13.8 Å². The van der Waals surface area contributed by atoms with Crippen LogP contribution < -0.4 is 0 Å². The summed E-state index contributed by atoms with van der Waals surface area (Å²) in [5.74, 6) is -0.313. The molecule has 0 atom stereocenters. The summed E-state index contributed by atoms with van der Waals surface area (Å²) >= 11 is 0. The van der Waals surface area contributed by atoms with Crippen molar-refractivity contribution in [2.75, 3.05) is 25.2 Å². The monoisotopic (exact) mass is 336 g/mol. The molecule has 1 rings (SSSR count). The van der Waals surface area contributed by atoms with E-state index in [1.165, 1.54) is 24.3 Å². The van der Waals surface area contributed by atoms with Crippen LogP contribution in [0.5, 0.6) is 0 Å². The van der Waals surface area contributed by atoms with Gasteiger partial charge in [0.05, 0.1) is 9.79 Å². The van der Waals surface area contributed by atoms with Crippen molar-refractivity contribution >= 4 is 19.7 Å². The first-order valence-corrected chi connectivity index (χ1v) is 10.0. The zero-order chi connectivity index (χ0) is 16.1. The fourth-order valence-corrected chi connectivity index (χ4v) is 3.61. The van der Waals surface area contributed by atoms with Crippen molar-refractivity contribution in [3.63, 3.8) is 0 Å². The third-order valence-corrected chi connectivity index (χ3v) is 5.50. The third-order valence-electron chi connectivity index (χ3n) is 2.67. The van der Waals surface area contributed by atoms with Gasteiger partial charge in [0.2, 0.25) is 0 Å². The Morgan fingerprint density at radius 2 is 1.33 bits per heavy atom. The lowest BCUT2D eigenvalue weighted by Gasteiger charge is -2.17. The van der Waals surface area contributed by atoms with Gasteiger partial charge in [0.1, 0.15) is 5.75 Å². The van der Waals surface area contributed by atoms with Gasteiger partial charge in [0.15, 0.2) is 26.0 Å². The van der Waals surface area contributed by atoms with Crippen LogP contribution in [0.3, 0.4) is 0 Å². The van der Waals surface area contributed by atoms with E-state index in [-0.39, 0.29) is 15.5 Å². The second-order valence-electron chi connectivity index (χ2n) is 4.37. The topological polar surface area (TPSA) is 86.7 Å². The van der Waals surface area contributed by atoms with Gasteiger partial charge in [-0.05, 0) is 38.1 Å². The first-order chi connectivity index (χ1) is 9.70. The summed E-state index contributed by atoms with van der Waals surface area (Å²) in [7, 11) is -6.96. The maximum atomic E-state index is 12.2. The molecule has 8 heteroatoms. The largest absolute Gasteiger partial charge is 0.352 e. The Labute approximate surface area is 125 Å². The molecule has 0 aromatic heterocycles. The molecule has 0 aliphatic carbocycles. The first-order valence-electron chi connectivity index (χ1n) is 6.46. The Morgan fingerprint density at radius 1 is 0.905 bits per heavy atom. The van der Waals surface area contributed by atoms with Gasteiger partial charge in [-0.15, -0.1) is 0 Å². The van der Waals surface area contributed by atoms with Crippen LogP contribution in [-0.2, 0) is 29.1 Å². The fraction of sp³-hybridized carbons (Fsp3) is 0.538. The lowest BCUT2D eigenvalue weighted by molar-refractivity contribution is -0.120. The number of hydrogen-bond donors (Lipinski definition) is 0. The first kappa shape index (κ1) is 18.1. The van der Waals surface area contributed by atoms with E-state index in [1.807, 2.05) is 0 Å². The van der Waals surface area contributed by atoms with Gasteiger partial charge in [-0.25, -0.2) is 16.8 Å². The van der Waals surface area contributed by atoms with Gasteiger partial charge in [-0.1, -0.05) is 0 Å². The quantitative estimate of drug-likeness (QED) is 0.664. The zero-order valence-electron chi connectivity index (χ0n) is 12.3. The summed E-state index contributed by atoms with van der Waals surface area (Å²) in [6.07, 6.45) is 0.232. The van der Waals surface area contributed by atoms with Crippen LogP contribution in [0.2, 0.25) is 0 Å². The molecule has 1 aromatic carbocycles. The molecule has 0 fully saturated rings. The molecule has 0 aliphatic heterocycles. The minimum atomic E-state index is -3.61. The molecule has 0 saturated carbocycles. The van der Waals surface area contributed by atoms with Crippen molar-refractivity contribution in [1.82, 2.24) is 0 Å². The minimum Gasteiger partial charge on any atom is -0.352 e. The molecule has 6 nitrogen and oxygen atoms in total. The number of rotatable bonds is 8. The molecule has 0 saturated heterocycles. The normalized spacial score (nSPS) is 12.8. The maximum absolute atomic E-state index is 12.2. The maximum Gasteiger partial charge on any atom is 0.183 e. The van der Waals surface area contributed by atoms with Crippen molar-refractivity contribution in [3.8, 4) is 0 Å². The molecule has 0 unspecified atom stereocenters. The Morgan fingerprint density at radius 3 is 1.71 bits per heavy atom. The second kappa shape index (κ2) is 7.35. The van der Waals surface area contributed by atoms with Gasteiger partial charge < -0.3 is 9.47 Å². The molecule has 0 heterocycles. The number of hydrogen-bond acceptors (Lipinski definition) is 6. The zero-order valence-corrected chi connectivity index (χ0v) is 13.9. The van der Waals surface area contributed by atoms with Crippen molar-refractivity contribution in [2.45, 2.75) is 29.9 Å². The summed E-state index contributed by atoms with van der Waals surface area (Å²) in [5.41, 5.74) is 0. The van der Waals surface area contributed by atoms with Gasteiger partial charge in [0.25, 0.3) is 0 Å². The van der Waals surface area contributed by atoms with Gasteiger partial charge in [0, 0.05) is 19.5 Å². The minimum absolute atomic E-state index is 0.0410. The average molecular weight is 336 g/mol.